The Bertz CT molecular complexity index is 704. The molecular weight excluding hydrogens is 252 g/mol. The lowest BCUT2D eigenvalue weighted by Crippen LogP contribution is -2.03. The standard InChI is InChI=1S/C11H8N4O2S/c16-9(17)5-7-6-18-11-13-10(14-15(7)11)8-3-1-2-4-12-8/h1-4,6H,5H2,(H,16,17). The average molecular weight is 260 g/mol. The Kier molecular flexibility index (Phi) is 2.52. The van der Waals surface area contributed by atoms with Crippen molar-refractivity contribution in [1.29, 1.82) is 0 Å². The van der Waals surface area contributed by atoms with Gasteiger partial charge in [0.15, 0.2) is 0 Å². The molecule has 0 radical (unpaired) electrons. The van der Waals surface area contributed by atoms with Crippen LogP contribution < -0.4 is 0 Å². The fourth-order valence-electron chi connectivity index (χ4n) is 1.61. The van der Waals surface area contributed by atoms with Crippen molar-refractivity contribution in [3.63, 3.8) is 0 Å². The normalized spacial score (nSPS) is 10.9. The fourth-order valence-corrected chi connectivity index (χ4v) is 2.43. The lowest BCUT2D eigenvalue weighted by atomic mass is 10.3. The molecule has 3 rings (SSSR count). The van der Waals surface area contributed by atoms with E-state index in [4.69, 9.17) is 5.11 Å². The van der Waals surface area contributed by atoms with Crippen LogP contribution in [0.3, 0.4) is 0 Å². The van der Waals surface area contributed by atoms with Crippen molar-refractivity contribution in [3.8, 4) is 11.5 Å². The highest BCUT2D eigenvalue weighted by Crippen LogP contribution is 2.19. The van der Waals surface area contributed by atoms with Crippen LogP contribution in [0.15, 0.2) is 29.8 Å². The van der Waals surface area contributed by atoms with Gasteiger partial charge in [-0.3, -0.25) is 9.78 Å². The molecule has 0 amide bonds. The molecule has 0 aromatic carbocycles. The summed E-state index contributed by atoms with van der Waals surface area (Å²) in [5.41, 5.74) is 1.30. The predicted molar refractivity (Wildman–Crippen MR) is 65.4 cm³/mol. The predicted octanol–water partition coefficient (Wildman–Crippen LogP) is 1.48. The smallest absolute Gasteiger partial charge is 0.309 e. The second-order valence-corrected chi connectivity index (χ2v) is 4.48. The Morgan fingerprint density at radius 3 is 3.06 bits per heavy atom. The van der Waals surface area contributed by atoms with E-state index in [2.05, 4.69) is 15.1 Å². The van der Waals surface area contributed by atoms with Gasteiger partial charge >= 0.3 is 5.97 Å². The van der Waals surface area contributed by atoms with Gasteiger partial charge in [-0.2, -0.15) is 4.98 Å². The van der Waals surface area contributed by atoms with E-state index >= 15 is 0 Å². The number of fused-ring (bicyclic) bond motifs is 1. The third-order valence-corrected chi connectivity index (χ3v) is 3.24. The number of hydrogen-bond donors (Lipinski definition) is 1. The molecule has 3 aromatic heterocycles. The zero-order chi connectivity index (χ0) is 12.5. The van der Waals surface area contributed by atoms with Crippen molar-refractivity contribution in [3.05, 3.63) is 35.5 Å². The van der Waals surface area contributed by atoms with E-state index in [9.17, 15) is 4.79 Å². The van der Waals surface area contributed by atoms with Crippen LogP contribution >= 0.6 is 11.3 Å². The summed E-state index contributed by atoms with van der Waals surface area (Å²) in [5.74, 6) is -0.376. The number of thiazole rings is 1. The Hall–Kier alpha value is -2.28. The molecule has 18 heavy (non-hydrogen) atoms. The van der Waals surface area contributed by atoms with Crippen molar-refractivity contribution in [2.45, 2.75) is 6.42 Å². The van der Waals surface area contributed by atoms with Gasteiger partial charge in [-0.25, -0.2) is 4.52 Å². The molecule has 3 heterocycles. The van der Waals surface area contributed by atoms with Gasteiger partial charge < -0.3 is 5.11 Å². The van der Waals surface area contributed by atoms with Gasteiger partial charge in [0, 0.05) is 11.6 Å². The quantitative estimate of drug-likeness (QED) is 0.771. The van der Waals surface area contributed by atoms with E-state index in [1.54, 1.807) is 16.1 Å². The van der Waals surface area contributed by atoms with Crippen LogP contribution in [0.4, 0.5) is 0 Å². The van der Waals surface area contributed by atoms with Gasteiger partial charge in [0.2, 0.25) is 10.8 Å². The molecule has 0 saturated carbocycles. The summed E-state index contributed by atoms with van der Waals surface area (Å²) >= 11 is 1.37. The van der Waals surface area contributed by atoms with E-state index < -0.39 is 5.97 Å². The molecule has 0 aliphatic rings. The van der Waals surface area contributed by atoms with E-state index in [1.165, 1.54) is 11.3 Å². The van der Waals surface area contributed by atoms with Gasteiger partial charge in [-0.15, -0.1) is 16.4 Å². The maximum Gasteiger partial charge on any atom is 0.309 e. The third-order valence-electron chi connectivity index (χ3n) is 2.38. The molecule has 0 saturated heterocycles. The average Bonchev–Trinajstić information content (AvgIpc) is 2.92. The molecule has 7 heteroatoms. The number of aromatic nitrogens is 4. The third kappa shape index (κ3) is 1.84. The van der Waals surface area contributed by atoms with Crippen LogP contribution in [-0.4, -0.2) is 30.7 Å². The minimum Gasteiger partial charge on any atom is -0.481 e. The molecule has 6 nitrogen and oxygen atoms in total. The molecule has 90 valence electrons. The molecule has 0 spiro atoms. The number of pyridine rings is 1. The number of carbonyl (C=O) groups is 1. The number of rotatable bonds is 3. The zero-order valence-corrected chi connectivity index (χ0v) is 9.96. The maximum absolute atomic E-state index is 10.7. The Morgan fingerprint density at radius 2 is 2.33 bits per heavy atom. The van der Waals surface area contributed by atoms with Gasteiger partial charge in [-0.05, 0) is 12.1 Å². The van der Waals surface area contributed by atoms with Crippen molar-refractivity contribution in [2.24, 2.45) is 0 Å². The summed E-state index contributed by atoms with van der Waals surface area (Å²) in [7, 11) is 0. The second-order valence-electron chi connectivity index (χ2n) is 3.64. The van der Waals surface area contributed by atoms with Crippen molar-refractivity contribution in [2.75, 3.05) is 0 Å². The zero-order valence-electron chi connectivity index (χ0n) is 9.15. The number of carboxylic acids is 1. The van der Waals surface area contributed by atoms with E-state index in [1.807, 2.05) is 18.2 Å². The van der Waals surface area contributed by atoms with Gasteiger partial charge in [0.05, 0.1) is 12.1 Å². The highest BCUT2D eigenvalue weighted by molar-refractivity contribution is 7.15. The van der Waals surface area contributed by atoms with Crippen LogP contribution in [0.2, 0.25) is 0 Å². The number of aliphatic carboxylic acids is 1. The SMILES string of the molecule is O=C(O)Cc1csc2nc(-c3ccccn3)nn12. The maximum atomic E-state index is 10.7. The molecule has 0 fully saturated rings. The topological polar surface area (TPSA) is 80.4 Å². The molecular formula is C11H8N4O2S. The van der Waals surface area contributed by atoms with Crippen LogP contribution in [0.25, 0.3) is 16.5 Å². The fraction of sp³-hybridized carbons (Fsp3) is 0.0909. The van der Waals surface area contributed by atoms with E-state index in [0.29, 0.717) is 22.2 Å². The van der Waals surface area contributed by atoms with Crippen molar-refractivity contribution in [1.82, 2.24) is 19.6 Å². The van der Waals surface area contributed by atoms with Crippen LogP contribution in [0.5, 0.6) is 0 Å². The minimum absolute atomic E-state index is 0.0645. The molecule has 0 unspecified atom stereocenters. The summed E-state index contributed by atoms with van der Waals surface area (Å²) in [6.07, 6.45) is 1.60. The Balaban J connectivity index is 2.07. The van der Waals surface area contributed by atoms with E-state index in [0.717, 1.165) is 0 Å². The molecule has 1 N–H and O–H groups in total. The highest BCUT2D eigenvalue weighted by atomic mass is 32.1. The first-order chi connectivity index (χ1) is 8.74. The summed E-state index contributed by atoms with van der Waals surface area (Å²) in [6.45, 7) is 0. The van der Waals surface area contributed by atoms with Crippen LogP contribution in [0, 0.1) is 0 Å². The molecule has 0 atom stereocenters. The van der Waals surface area contributed by atoms with Crippen LogP contribution in [0.1, 0.15) is 5.69 Å². The van der Waals surface area contributed by atoms with Gasteiger partial charge in [0.1, 0.15) is 5.69 Å². The van der Waals surface area contributed by atoms with Crippen molar-refractivity contribution >= 4 is 22.3 Å². The summed E-state index contributed by atoms with van der Waals surface area (Å²) in [5, 5.41) is 14.8. The second kappa shape index (κ2) is 4.19. The first kappa shape index (κ1) is 10.8. The minimum atomic E-state index is -0.885. The summed E-state index contributed by atoms with van der Waals surface area (Å²) in [6, 6.07) is 5.49. The Labute approximate surface area is 106 Å². The first-order valence-electron chi connectivity index (χ1n) is 5.20. The molecule has 3 aromatic rings. The number of hydrogen-bond acceptors (Lipinski definition) is 5. The molecule has 0 bridgehead atoms. The summed E-state index contributed by atoms with van der Waals surface area (Å²) < 4.78 is 1.56. The van der Waals surface area contributed by atoms with Crippen molar-refractivity contribution < 1.29 is 9.90 Å². The highest BCUT2D eigenvalue weighted by Gasteiger charge is 2.13. The number of carboxylic acid groups (broad SMARTS) is 1. The summed E-state index contributed by atoms with van der Waals surface area (Å²) in [4.78, 5) is 19.9. The largest absolute Gasteiger partial charge is 0.481 e. The monoisotopic (exact) mass is 260 g/mol. The number of nitrogens with zero attached hydrogens (tertiary/aromatic N) is 4. The van der Waals surface area contributed by atoms with Crippen LogP contribution in [-0.2, 0) is 11.2 Å². The van der Waals surface area contributed by atoms with Gasteiger partial charge in [-0.1, -0.05) is 6.07 Å². The van der Waals surface area contributed by atoms with E-state index in [-0.39, 0.29) is 6.42 Å². The van der Waals surface area contributed by atoms with Gasteiger partial charge in [0.25, 0.3) is 0 Å². The molecule has 0 aliphatic carbocycles. The lowest BCUT2D eigenvalue weighted by molar-refractivity contribution is -0.136. The molecule has 0 aliphatic heterocycles. The first-order valence-corrected chi connectivity index (χ1v) is 6.08. The Morgan fingerprint density at radius 1 is 1.44 bits per heavy atom. The lowest BCUT2D eigenvalue weighted by Gasteiger charge is -1.93.